The first-order valence-electron chi connectivity index (χ1n) is 33.8. The molecule has 0 N–H and O–H groups in total. The van der Waals surface area contributed by atoms with Gasteiger partial charge < -0.3 is 28.7 Å². The molecule has 0 amide bonds. The first kappa shape index (κ1) is 59.6. The fraction of sp³-hybridized carbons (Fsp3) is 0.0930. The standard InChI is InChI=1S/C86H60B2F6N6/c1-85(2,3)49-33-35-71-59(37-49)57-25-13-17-29-69(57)97(71)55-43-77-81-79(45-55)99(83-65(91)39-51(89)40-66(83)92)73-31-19-15-27-61(73)87(81)63-47-64-76(48-75(63)95(77)53-21-9-7-10-22-53)96(54-23-11-8-12-24-54)78-44-56(98-70-30-18-14-26-58(70)60-38-50(86(4,5)6)34-36-72(60)98)46-80-82(78)88(64)62-28-16-20-32-74(62)100(80)84-67(93)41-52(90)42-68(84)94/h7-48H,1-6H3. The SMILES string of the molecule is CC(C)(C)c1ccc2c(c1)c1ccccc1n2-c1cc2c3c(c1)N(c1c(F)cc(F)cc1F)c1ccccc1B3c1cc3c(cc1N2c1ccccc1)N(c1ccccc1)c1cc(-n2c4ccccc4c4cc(C(C)(C)C)ccc42)cc2c1B3c1ccccc1N2c1c(F)cc(F)cc1F. The van der Waals surface area contributed by atoms with E-state index in [0.29, 0.717) is 34.1 Å². The van der Waals surface area contributed by atoms with E-state index in [4.69, 9.17) is 0 Å². The van der Waals surface area contributed by atoms with Gasteiger partial charge in [-0.1, -0.05) is 169 Å². The monoisotopic (exact) mass is 1310 g/mol. The molecule has 0 unspecified atom stereocenters. The fourth-order valence-electron chi connectivity index (χ4n) is 16.7. The van der Waals surface area contributed by atoms with E-state index >= 15 is 26.3 Å². The maximum absolute atomic E-state index is 17.3. The van der Waals surface area contributed by atoms with Gasteiger partial charge in [0.25, 0.3) is 13.4 Å². The van der Waals surface area contributed by atoms with Gasteiger partial charge in [-0.3, -0.25) is 0 Å². The Kier molecular flexibility index (Phi) is 12.8. The zero-order valence-electron chi connectivity index (χ0n) is 55.4. The lowest BCUT2D eigenvalue weighted by atomic mass is 9.30. The minimum Gasteiger partial charge on any atom is -0.311 e. The third-order valence-corrected chi connectivity index (χ3v) is 21.1. The molecule has 0 saturated carbocycles. The lowest BCUT2D eigenvalue weighted by molar-refractivity contribution is 0.544. The van der Waals surface area contributed by atoms with Crippen LogP contribution in [0, 0.1) is 34.9 Å². The van der Waals surface area contributed by atoms with E-state index in [2.05, 4.69) is 170 Å². The van der Waals surface area contributed by atoms with Gasteiger partial charge in [0, 0.05) is 103 Å². The quantitative estimate of drug-likeness (QED) is 0.122. The van der Waals surface area contributed by atoms with Crippen molar-refractivity contribution in [3.8, 4) is 11.4 Å². The summed E-state index contributed by atoms with van der Waals surface area (Å²) in [5, 5.41) is 4.15. The van der Waals surface area contributed by atoms with E-state index in [1.54, 1.807) is 9.80 Å². The molecule has 19 rings (SSSR count). The topological polar surface area (TPSA) is 22.8 Å². The molecule has 2 aromatic heterocycles. The van der Waals surface area contributed by atoms with Crippen molar-refractivity contribution >= 4 is 158 Å². The average molecular weight is 1310 g/mol. The van der Waals surface area contributed by atoms with E-state index in [-0.39, 0.29) is 10.8 Å². The molecule has 0 bridgehead atoms. The van der Waals surface area contributed by atoms with Crippen LogP contribution in [-0.4, -0.2) is 22.6 Å². The van der Waals surface area contributed by atoms with Crippen LogP contribution >= 0.6 is 0 Å². The maximum atomic E-state index is 17.3. The van der Waals surface area contributed by atoms with Crippen LogP contribution in [0.25, 0.3) is 55.0 Å². The van der Waals surface area contributed by atoms with Gasteiger partial charge in [-0.25, -0.2) is 26.3 Å². The Balaban J connectivity index is 0.948. The minimum absolute atomic E-state index is 0.169. The number of hydrogen-bond acceptors (Lipinski definition) is 4. The summed E-state index contributed by atoms with van der Waals surface area (Å²) in [4.78, 5) is 7.80. The number of fused-ring (bicyclic) bond motifs is 14. The minimum atomic E-state index is -1.07. The molecular formula is C86H60B2F6N6. The molecule has 0 saturated heterocycles. The zero-order chi connectivity index (χ0) is 68.1. The molecule has 0 spiro atoms. The number of aromatic nitrogens is 2. The fourth-order valence-corrected chi connectivity index (χ4v) is 16.7. The van der Waals surface area contributed by atoms with Crippen molar-refractivity contribution in [2.45, 2.75) is 52.4 Å². The molecule has 4 aliphatic heterocycles. The second-order valence-corrected chi connectivity index (χ2v) is 28.9. The van der Waals surface area contributed by atoms with Gasteiger partial charge in [0.2, 0.25) is 0 Å². The molecule has 0 aliphatic carbocycles. The normalized spacial score (nSPS) is 13.7. The van der Waals surface area contributed by atoms with Gasteiger partial charge in [0.15, 0.2) is 23.3 Å². The third kappa shape index (κ3) is 8.61. The first-order valence-corrected chi connectivity index (χ1v) is 33.8. The molecule has 15 aromatic rings. The van der Waals surface area contributed by atoms with Gasteiger partial charge in [-0.2, -0.15) is 0 Å². The molecule has 100 heavy (non-hydrogen) atoms. The van der Waals surface area contributed by atoms with E-state index in [9.17, 15) is 0 Å². The summed E-state index contributed by atoms with van der Waals surface area (Å²) in [6.45, 7) is 12.0. The van der Waals surface area contributed by atoms with Crippen LogP contribution < -0.4 is 52.4 Å². The van der Waals surface area contributed by atoms with Gasteiger partial charge in [-0.15, -0.1) is 0 Å². The maximum Gasteiger partial charge on any atom is 0.252 e. The van der Waals surface area contributed by atoms with Crippen molar-refractivity contribution in [1.82, 2.24) is 9.13 Å². The van der Waals surface area contributed by atoms with Crippen LogP contribution in [0.2, 0.25) is 0 Å². The number of para-hydroxylation sites is 6. The summed E-state index contributed by atoms with van der Waals surface area (Å²) in [7, 11) is 0. The Hall–Kier alpha value is -11.6. The van der Waals surface area contributed by atoms with Crippen LogP contribution in [0.3, 0.4) is 0 Å². The van der Waals surface area contributed by atoms with Crippen LogP contribution in [0.4, 0.5) is 94.6 Å². The van der Waals surface area contributed by atoms with Gasteiger partial charge in [0.05, 0.1) is 33.4 Å². The molecule has 0 radical (unpaired) electrons. The molecule has 0 fully saturated rings. The van der Waals surface area contributed by atoms with Gasteiger partial charge >= 0.3 is 0 Å². The molecular weight excluding hydrogens is 1250 g/mol. The van der Waals surface area contributed by atoms with Gasteiger partial charge in [-0.05, 0) is 158 Å². The van der Waals surface area contributed by atoms with Crippen molar-refractivity contribution in [1.29, 1.82) is 0 Å². The highest BCUT2D eigenvalue weighted by atomic mass is 19.2. The number of benzene rings is 13. The summed E-state index contributed by atoms with van der Waals surface area (Å²) >= 11 is 0. The Labute approximate surface area is 574 Å². The summed E-state index contributed by atoms with van der Waals surface area (Å²) in [6.07, 6.45) is 0. The second-order valence-electron chi connectivity index (χ2n) is 28.9. The predicted molar refractivity (Wildman–Crippen MR) is 400 cm³/mol. The largest absolute Gasteiger partial charge is 0.311 e. The van der Waals surface area contributed by atoms with Crippen molar-refractivity contribution < 1.29 is 26.3 Å². The van der Waals surface area contributed by atoms with Crippen molar-refractivity contribution in [2.24, 2.45) is 0 Å². The molecule has 0 atom stereocenters. The number of halogens is 6. The molecule has 6 nitrogen and oxygen atoms in total. The smallest absolute Gasteiger partial charge is 0.252 e. The summed E-state index contributed by atoms with van der Waals surface area (Å²) < 4.78 is 104. The Bertz CT molecular complexity index is 5620. The second kappa shape index (κ2) is 21.4. The number of hydrogen-bond donors (Lipinski definition) is 0. The third-order valence-electron chi connectivity index (χ3n) is 21.1. The van der Waals surface area contributed by atoms with Crippen LogP contribution in [-0.2, 0) is 10.8 Å². The molecule has 4 aliphatic rings. The van der Waals surface area contributed by atoms with E-state index in [1.165, 1.54) is 0 Å². The highest BCUT2D eigenvalue weighted by molar-refractivity contribution is 7.03. The van der Waals surface area contributed by atoms with Gasteiger partial charge in [0.1, 0.15) is 23.0 Å². The van der Waals surface area contributed by atoms with Crippen molar-refractivity contribution in [2.75, 3.05) is 19.6 Å². The van der Waals surface area contributed by atoms with Crippen LogP contribution in [0.15, 0.2) is 255 Å². The lowest BCUT2D eigenvalue weighted by Crippen LogP contribution is -2.65. The summed E-state index contributed by atoms with van der Waals surface area (Å²) in [5.41, 5.74) is 17.7. The molecule has 482 valence electrons. The average Bonchev–Trinajstić information content (AvgIpc) is 0.734. The van der Waals surface area contributed by atoms with Crippen LogP contribution in [0.1, 0.15) is 52.7 Å². The van der Waals surface area contributed by atoms with Crippen molar-refractivity contribution in [3.05, 3.63) is 301 Å². The van der Waals surface area contributed by atoms with E-state index in [1.807, 2.05) is 121 Å². The van der Waals surface area contributed by atoms with Crippen molar-refractivity contribution in [3.63, 3.8) is 0 Å². The number of anilines is 12. The van der Waals surface area contributed by atoms with Crippen LogP contribution in [0.5, 0.6) is 0 Å². The Morgan fingerprint density at radius 1 is 0.260 bits per heavy atom. The predicted octanol–water partition coefficient (Wildman–Crippen LogP) is 19.5. The Morgan fingerprint density at radius 2 is 0.600 bits per heavy atom. The highest BCUT2D eigenvalue weighted by Gasteiger charge is 2.50. The van der Waals surface area contributed by atoms with E-state index < -0.39 is 59.7 Å². The number of rotatable bonds is 6. The summed E-state index contributed by atoms with van der Waals surface area (Å²) in [5.74, 6) is -6.37. The molecule has 13 aromatic carbocycles. The number of nitrogens with zero attached hydrogens (tertiary/aromatic N) is 6. The zero-order valence-corrected chi connectivity index (χ0v) is 55.4. The molecule has 14 heteroatoms. The lowest BCUT2D eigenvalue weighted by Gasteiger charge is -2.47. The Morgan fingerprint density at radius 3 is 0.990 bits per heavy atom. The summed E-state index contributed by atoms with van der Waals surface area (Å²) in [6, 6.07) is 81.5. The first-order chi connectivity index (χ1) is 48.4. The molecule has 6 heterocycles. The highest BCUT2D eigenvalue weighted by Crippen LogP contribution is 2.52. The van der Waals surface area contributed by atoms with E-state index in [0.717, 1.165) is 146 Å².